The quantitative estimate of drug-likeness (QED) is 0.0820. The summed E-state index contributed by atoms with van der Waals surface area (Å²) in [6.07, 6.45) is 26.1. The maximum absolute atomic E-state index is 12.5. The molecule has 0 N–H and O–H groups in total. The second kappa shape index (κ2) is 21.4. The first kappa shape index (κ1) is 38.0. The fourth-order valence-electron chi connectivity index (χ4n) is 7.14. The van der Waals surface area contributed by atoms with Crippen LogP contribution >= 0.6 is 0 Å². The summed E-state index contributed by atoms with van der Waals surface area (Å²) in [5.41, 5.74) is 25.6. The van der Waals surface area contributed by atoms with Crippen molar-refractivity contribution < 1.29 is 4.70 Å². The number of allylic oxidation sites excluding steroid dienone is 2. The van der Waals surface area contributed by atoms with E-state index < -0.39 is 0 Å². The van der Waals surface area contributed by atoms with Gasteiger partial charge in [0, 0.05) is 22.3 Å². The number of rotatable bonds is 24. The molecule has 1 aliphatic heterocycles. The Morgan fingerprint density at radius 1 is 0.370 bits per heavy atom. The SMILES string of the molecule is CCCCCCC1=C(c2cc(CCCC)cc(CCCC)c2)[N+](=[N-])C(c2cc(CCCC)cc(CCCC)c2)=C1CCCCCC. The molecule has 0 unspecified atom stereocenters. The molecule has 2 aromatic carbocycles. The predicted molar refractivity (Wildman–Crippen MR) is 202 cm³/mol. The van der Waals surface area contributed by atoms with Crippen molar-refractivity contribution in [2.45, 2.75) is 183 Å². The lowest BCUT2D eigenvalue weighted by atomic mass is 9.89. The van der Waals surface area contributed by atoms with Crippen molar-refractivity contribution in [1.29, 1.82) is 0 Å². The van der Waals surface area contributed by atoms with Gasteiger partial charge >= 0.3 is 0 Å². The molecule has 0 amide bonds. The van der Waals surface area contributed by atoms with E-state index in [2.05, 4.69) is 77.9 Å². The monoisotopic (exact) mass is 625 g/mol. The maximum Gasteiger partial charge on any atom is 0.211 e. The highest BCUT2D eigenvalue weighted by Crippen LogP contribution is 2.45. The molecular formula is C44H68N2. The van der Waals surface area contributed by atoms with E-state index in [0.717, 1.165) is 49.9 Å². The van der Waals surface area contributed by atoms with Crippen molar-refractivity contribution in [1.82, 2.24) is 0 Å². The van der Waals surface area contributed by atoms with E-state index in [1.54, 1.807) is 4.70 Å². The van der Waals surface area contributed by atoms with Crippen molar-refractivity contribution in [3.63, 3.8) is 0 Å². The van der Waals surface area contributed by atoms with Gasteiger partial charge in [0.25, 0.3) is 0 Å². The first-order valence-electron chi connectivity index (χ1n) is 19.7. The third-order valence-electron chi connectivity index (χ3n) is 9.85. The average Bonchev–Trinajstić information content (AvgIpc) is 3.34. The van der Waals surface area contributed by atoms with Crippen molar-refractivity contribution in [2.24, 2.45) is 0 Å². The molecule has 0 saturated carbocycles. The van der Waals surface area contributed by atoms with Crippen LogP contribution in [-0.2, 0) is 25.7 Å². The van der Waals surface area contributed by atoms with Crippen LogP contribution in [0, 0.1) is 0 Å². The van der Waals surface area contributed by atoms with E-state index in [1.807, 2.05) is 0 Å². The largest absolute Gasteiger partial charge is 0.493 e. The number of hydrogen-bond acceptors (Lipinski definition) is 0. The summed E-state index contributed by atoms with van der Waals surface area (Å²) in [6.45, 7) is 13.7. The molecule has 0 radical (unpaired) electrons. The van der Waals surface area contributed by atoms with Gasteiger partial charge in [-0.1, -0.05) is 118 Å². The summed E-state index contributed by atoms with van der Waals surface area (Å²) in [7, 11) is 0. The lowest BCUT2D eigenvalue weighted by molar-refractivity contribution is -0.345. The van der Waals surface area contributed by atoms with Crippen LogP contribution in [0.2, 0.25) is 0 Å². The fraction of sp³-hybridized carbons (Fsp3) is 0.636. The molecule has 0 aliphatic carbocycles. The zero-order valence-corrected chi connectivity index (χ0v) is 30.9. The Labute approximate surface area is 284 Å². The molecule has 254 valence electrons. The molecule has 2 nitrogen and oxygen atoms in total. The fourth-order valence-corrected chi connectivity index (χ4v) is 7.14. The minimum Gasteiger partial charge on any atom is -0.493 e. The summed E-state index contributed by atoms with van der Waals surface area (Å²) in [6, 6.07) is 14.6. The molecule has 1 heterocycles. The molecule has 2 heteroatoms. The van der Waals surface area contributed by atoms with Crippen molar-refractivity contribution >= 4 is 11.4 Å². The molecule has 1 aliphatic rings. The van der Waals surface area contributed by atoms with Crippen LogP contribution in [0.4, 0.5) is 0 Å². The van der Waals surface area contributed by atoms with Crippen LogP contribution in [0.15, 0.2) is 47.5 Å². The minimum atomic E-state index is 1.04. The first-order valence-corrected chi connectivity index (χ1v) is 19.7. The summed E-state index contributed by atoms with van der Waals surface area (Å²) < 4.78 is 1.66. The summed E-state index contributed by atoms with van der Waals surface area (Å²) in [4.78, 5) is 0. The summed E-state index contributed by atoms with van der Waals surface area (Å²) in [5, 5.41) is 0. The zero-order valence-electron chi connectivity index (χ0n) is 30.9. The molecular weight excluding hydrogens is 556 g/mol. The summed E-state index contributed by atoms with van der Waals surface area (Å²) >= 11 is 0. The molecule has 3 rings (SSSR count). The van der Waals surface area contributed by atoms with Gasteiger partial charge in [-0.2, -0.15) is 0 Å². The average molecular weight is 625 g/mol. The Kier molecular flexibility index (Phi) is 17.7. The van der Waals surface area contributed by atoms with E-state index in [4.69, 9.17) is 0 Å². The normalized spacial score (nSPS) is 13.5. The highest BCUT2D eigenvalue weighted by atomic mass is 15.2. The third kappa shape index (κ3) is 11.3. The molecule has 0 spiro atoms. The van der Waals surface area contributed by atoms with E-state index in [-0.39, 0.29) is 0 Å². The second-order valence-corrected chi connectivity index (χ2v) is 14.1. The Morgan fingerprint density at radius 2 is 0.674 bits per heavy atom. The van der Waals surface area contributed by atoms with E-state index >= 15 is 0 Å². The van der Waals surface area contributed by atoms with Crippen molar-refractivity contribution in [3.05, 3.63) is 86.5 Å². The highest BCUT2D eigenvalue weighted by Gasteiger charge is 2.35. The van der Waals surface area contributed by atoms with Gasteiger partial charge in [0.1, 0.15) is 0 Å². The van der Waals surface area contributed by atoms with Crippen LogP contribution in [-0.4, -0.2) is 4.70 Å². The molecule has 0 atom stereocenters. The Hall–Kier alpha value is -2.48. The smallest absolute Gasteiger partial charge is 0.211 e. The number of aryl methyl sites for hydroxylation is 4. The number of hydrogen-bond donors (Lipinski definition) is 0. The Morgan fingerprint density at radius 3 is 0.957 bits per heavy atom. The van der Waals surface area contributed by atoms with Gasteiger partial charge < -0.3 is 5.53 Å². The van der Waals surface area contributed by atoms with Gasteiger partial charge in [0.05, 0.1) is 0 Å². The third-order valence-corrected chi connectivity index (χ3v) is 9.85. The van der Waals surface area contributed by atoms with Gasteiger partial charge in [-0.25, -0.2) is 4.70 Å². The second-order valence-electron chi connectivity index (χ2n) is 14.1. The maximum atomic E-state index is 12.5. The Bertz CT molecular complexity index is 1130. The van der Waals surface area contributed by atoms with Gasteiger partial charge in [-0.15, -0.1) is 0 Å². The lowest BCUT2D eigenvalue weighted by Gasteiger charge is -2.14. The standard InChI is InChI=1S/C44H68N2/c1-7-13-19-21-27-41-42(28-22-20-14-8-2)44(40-33-37(25-17-11-5)30-38(34-40)26-18-12-6)46(45)43(41)39-31-35(23-15-9-3)29-36(32-39)24-16-10-4/h29-34H,7-28H2,1-6H3. The van der Waals surface area contributed by atoms with Crippen LogP contribution < -0.4 is 0 Å². The van der Waals surface area contributed by atoms with Crippen molar-refractivity contribution in [2.75, 3.05) is 0 Å². The predicted octanol–water partition coefficient (Wildman–Crippen LogP) is 14.2. The van der Waals surface area contributed by atoms with E-state index in [1.165, 1.54) is 147 Å². The zero-order chi connectivity index (χ0) is 33.1. The van der Waals surface area contributed by atoms with Gasteiger partial charge in [0.2, 0.25) is 11.4 Å². The molecule has 0 bridgehead atoms. The lowest BCUT2D eigenvalue weighted by Crippen LogP contribution is -2.05. The molecule has 46 heavy (non-hydrogen) atoms. The number of unbranched alkanes of at least 4 members (excludes halogenated alkanes) is 10. The van der Waals surface area contributed by atoms with Crippen LogP contribution in [0.5, 0.6) is 0 Å². The van der Waals surface area contributed by atoms with E-state index in [9.17, 15) is 5.53 Å². The van der Waals surface area contributed by atoms with Crippen LogP contribution in [0.25, 0.3) is 16.9 Å². The van der Waals surface area contributed by atoms with Gasteiger partial charge in [-0.05, 0) is 124 Å². The molecule has 0 fully saturated rings. The van der Waals surface area contributed by atoms with Crippen molar-refractivity contribution in [3.8, 4) is 0 Å². The molecule has 2 aromatic rings. The minimum absolute atomic E-state index is 1.04. The first-order chi connectivity index (χ1) is 22.5. The van der Waals surface area contributed by atoms with Gasteiger partial charge in [0.15, 0.2) is 0 Å². The topological polar surface area (TPSA) is 25.3 Å². The Balaban J connectivity index is 2.23. The number of nitrogens with zero attached hydrogens (tertiary/aromatic N) is 2. The molecule has 0 saturated heterocycles. The summed E-state index contributed by atoms with van der Waals surface area (Å²) in [5.74, 6) is 0. The van der Waals surface area contributed by atoms with Crippen LogP contribution in [0.3, 0.4) is 0 Å². The molecule has 0 aromatic heterocycles. The van der Waals surface area contributed by atoms with Gasteiger partial charge in [-0.3, -0.25) is 0 Å². The van der Waals surface area contributed by atoms with E-state index in [0.29, 0.717) is 0 Å². The highest BCUT2D eigenvalue weighted by molar-refractivity contribution is 5.82. The van der Waals surface area contributed by atoms with Crippen LogP contribution in [0.1, 0.15) is 190 Å². The number of benzene rings is 2.